The fourth-order valence-electron chi connectivity index (χ4n) is 4.24. The average Bonchev–Trinajstić information content (AvgIpc) is 2.50. The van der Waals surface area contributed by atoms with E-state index in [1.54, 1.807) is 0 Å². The lowest BCUT2D eigenvalue weighted by Gasteiger charge is -2.41. The summed E-state index contributed by atoms with van der Waals surface area (Å²) >= 11 is 0. The van der Waals surface area contributed by atoms with Gasteiger partial charge in [0.2, 0.25) is 0 Å². The molecule has 0 amide bonds. The van der Waals surface area contributed by atoms with Gasteiger partial charge >= 0.3 is 0 Å². The predicted octanol–water partition coefficient (Wildman–Crippen LogP) is 3.73. The molecule has 1 saturated heterocycles. The highest BCUT2D eigenvalue weighted by atomic mass is 16.3. The summed E-state index contributed by atoms with van der Waals surface area (Å²) in [4.78, 5) is 2.50. The van der Waals surface area contributed by atoms with Crippen molar-refractivity contribution in [3.8, 4) is 0 Å². The topological polar surface area (TPSA) is 23.5 Å². The summed E-state index contributed by atoms with van der Waals surface area (Å²) in [6.45, 7) is 5.56. The molecule has 0 aromatic heterocycles. The Kier molecular flexibility index (Phi) is 4.66. The average molecular weight is 287 g/mol. The van der Waals surface area contributed by atoms with Gasteiger partial charge in [0.25, 0.3) is 0 Å². The van der Waals surface area contributed by atoms with Crippen LogP contribution in [0.4, 0.5) is 0 Å². The molecule has 2 heteroatoms. The van der Waals surface area contributed by atoms with Crippen LogP contribution in [0, 0.1) is 0 Å². The van der Waals surface area contributed by atoms with Crippen LogP contribution >= 0.6 is 0 Å². The van der Waals surface area contributed by atoms with Crippen LogP contribution in [0.5, 0.6) is 0 Å². The monoisotopic (exact) mass is 287 g/mol. The van der Waals surface area contributed by atoms with Gasteiger partial charge in [0, 0.05) is 13.1 Å². The summed E-state index contributed by atoms with van der Waals surface area (Å²) in [5.41, 5.74) is 2.59. The molecule has 0 bridgehead atoms. The minimum absolute atomic E-state index is 0.431. The summed E-state index contributed by atoms with van der Waals surface area (Å²) in [6, 6.07) is 8.87. The Hall–Kier alpha value is -0.860. The van der Waals surface area contributed by atoms with E-state index >= 15 is 0 Å². The number of likely N-dealkylation sites (tertiary alicyclic amines) is 1. The number of fused-ring (bicyclic) bond motifs is 1. The van der Waals surface area contributed by atoms with Crippen LogP contribution in [0.15, 0.2) is 24.3 Å². The van der Waals surface area contributed by atoms with Gasteiger partial charge in [0.1, 0.15) is 0 Å². The first-order chi connectivity index (χ1) is 10.2. The highest BCUT2D eigenvalue weighted by Gasteiger charge is 2.35. The smallest absolute Gasteiger partial charge is 0.0678 e. The fourth-order valence-corrected chi connectivity index (χ4v) is 4.24. The Morgan fingerprint density at radius 1 is 1.24 bits per heavy atom. The quantitative estimate of drug-likeness (QED) is 0.912. The molecule has 0 radical (unpaired) electrons. The van der Waals surface area contributed by atoms with E-state index in [0.717, 1.165) is 32.4 Å². The van der Waals surface area contributed by atoms with Gasteiger partial charge in [-0.05, 0) is 68.5 Å². The van der Waals surface area contributed by atoms with E-state index in [9.17, 15) is 5.11 Å². The number of hydrogen-bond acceptors (Lipinski definition) is 2. The molecule has 1 atom stereocenters. The van der Waals surface area contributed by atoms with E-state index in [-0.39, 0.29) is 0 Å². The van der Waals surface area contributed by atoms with Gasteiger partial charge in [-0.2, -0.15) is 0 Å². The maximum atomic E-state index is 11.0. The first-order valence-corrected chi connectivity index (χ1v) is 8.73. The number of rotatable bonds is 4. The van der Waals surface area contributed by atoms with E-state index in [1.807, 2.05) is 0 Å². The zero-order valence-electron chi connectivity index (χ0n) is 13.4. The summed E-state index contributed by atoms with van der Waals surface area (Å²) in [6.07, 6.45) is 7.82. The van der Waals surface area contributed by atoms with Crippen molar-refractivity contribution < 1.29 is 5.11 Å². The van der Waals surface area contributed by atoms with Gasteiger partial charge in [-0.3, -0.25) is 0 Å². The molecular weight excluding hydrogens is 258 g/mol. The molecule has 1 N–H and O–H groups in total. The van der Waals surface area contributed by atoms with E-state index in [2.05, 4.69) is 36.1 Å². The Morgan fingerprint density at radius 2 is 2.00 bits per heavy atom. The number of nitrogens with zero attached hydrogens (tertiary/aromatic N) is 1. The van der Waals surface area contributed by atoms with Gasteiger partial charge in [-0.15, -0.1) is 0 Å². The third kappa shape index (κ3) is 3.49. The van der Waals surface area contributed by atoms with E-state index in [4.69, 9.17) is 0 Å². The number of aliphatic hydroxyl groups is 1. The first kappa shape index (κ1) is 15.1. The Balaban J connectivity index is 1.65. The molecule has 1 aromatic carbocycles. The summed E-state index contributed by atoms with van der Waals surface area (Å²) < 4.78 is 0. The number of piperidine rings is 1. The lowest BCUT2D eigenvalue weighted by atomic mass is 9.74. The minimum atomic E-state index is -0.431. The molecule has 21 heavy (non-hydrogen) atoms. The summed E-state index contributed by atoms with van der Waals surface area (Å²) in [5, 5.41) is 11.0. The van der Waals surface area contributed by atoms with Gasteiger partial charge in [-0.25, -0.2) is 0 Å². The van der Waals surface area contributed by atoms with Crippen molar-refractivity contribution in [1.82, 2.24) is 4.90 Å². The number of hydrogen-bond donors (Lipinski definition) is 1. The molecule has 1 aromatic rings. The van der Waals surface area contributed by atoms with Crippen molar-refractivity contribution in [1.29, 1.82) is 0 Å². The normalized spacial score (nSPS) is 25.5. The lowest BCUT2D eigenvalue weighted by Crippen LogP contribution is -2.45. The lowest BCUT2D eigenvalue weighted by molar-refractivity contribution is -0.0335. The van der Waals surface area contributed by atoms with Crippen LogP contribution < -0.4 is 0 Å². The van der Waals surface area contributed by atoms with E-state index < -0.39 is 5.60 Å². The third-order valence-electron chi connectivity index (χ3n) is 5.45. The molecule has 116 valence electrons. The van der Waals surface area contributed by atoms with Crippen molar-refractivity contribution in [2.75, 3.05) is 19.6 Å². The maximum absolute atomic E-state index is 11.0. The largest absolute Gasteiger partial charge is 0.390 e. The van der Waals surface area contributed by atoms with Crippen molar-refractivity contribution >= 4 is 0 Å². The van der Waals surface area contributed by atoms with Crippen LogP contribution in [0.25, 0.3) is 0 Å². The standard InChI is InChI=1S/C19H29NO/c1-2-12-20-13-10-19(21,11-14-20)15-17-8-5-7-16-6-3-4-9-18(16)17/h3-4,6,9,17,21H,2,5,7-8,10-15H2,1H3. The molecule has 3 rings (SSSR count). The van der Waals surface area contributed by atoms with Gasteiger partial charge in [-0.1, -0.05) is 31.2 Å². The summed E-state index contributed by atoms with van der Waals surface area (Å²) in [7, 11) is 0. The molecule has 2 aliphatic rings. The molecule has 0 spiro atoms. The van der Waals surface area contributed by atoms with E-state index in [1.165, 1.54) is 43.4 Å². The van der Waals surface area contributed by atoms with Crippen molar-refractivity contribution in [3.63, 3.8) is 0 Å². The van der Waals surface area contributed by atoms with Crippen molar-refractivity contribution in [2.45, 2.75) is 63.4 Å². The second kappa shape index (κ2) is 6.50. The van der Waals surface area contributed by atoms with Gasteiger partial charge in [0.05, 0.1) is 5.60 Å². The van der Waals surface area contributed by atoms with Crippen LogP contribution in [-0.4, -0.2) is 35.2 Å². The second-order valence-corrected chi connectivity index (χ2v) is 7.06. The first-order valence-electron chi connectivity index (χ1n) is 8.73. The maximum Gasteiger partial charge on any atom is 0.0678 e. The Morgan fingerprint density at radius 3 is 2.76 bits per heavy atom. The highest BCUT2D eigenvalue weighted by molar-refractivity contribution is 5.32. The van der Waals surface area contributed by atoms with E-state index in [0.29, 0.717) is 5.92 Å². The summed E-state index contributed by atoms with van der Waals surface area (Å²) in [5.74, 6) is 0.567. The van der Waals surface area contributed by atoms with Crippen LogP contribution in [0.2, 0.25) is 0 Å². The van der Waals surface area contributed by atoms with Gasteiger partial charge in [0.15, 0.2) is 0 Å². The number of aryl methyl sites for hydroxylation is 1. The third-order valence-corrected chi connectivity index (χ3v) is 5.45. The Bertz CT molecular complexity index is 462. The molecule has 2 nitrogen and oxygen atoms in total. The van der Waals surface area contributed by atoms with Crippen molar-refractivity contribution in [3.05, 3.63) is 35.4 Å². The molecule has 1 heterocycles. The fraction of sp³-hybridized carbons (Fsp3) is 0.684. The molecule has 1 fully saturated rings. The van der Waals surface area contributed by atoms with Crippen LogP contribution in [0.3, 0.4) is 0 Å². The number of benzene rings is 1. The van der Waals surface area contributed by atoms with Crippen LogP contribution in [-0.2, 0) is 6.42 Å². The van der Waals surface area contributed by atoms with Crippen LogP contribution in [0.1, 0.15) is 62.5 Å². The Labute approximate surface area is 129 Å². The molecular formula is C19H29NO. The van der Waals surface area contributed by atoms with Crippen molar-refractivity contribution in [2.24, 2.45) is 0 Å². The second-order valence-electron chi connectivity index (χ2n) is 7.06. The molecule has 1 unspecified atom stereocenters. The van der Waals surface area contributed by atoms with Gasteiger partial charge < -0.3 is 10.0 Å². The molecule has 1 aliphatic carbocycles. The SMILES string of the molecule is CCCN1CCC(O)(CC2CCCc3ccccc32)CC1. The zero-order chi connectivity index (χ0) is 14.7. The molecule has 1 aliphatic heterocycles. The predicted molar refractivity (Wildman–Crippen MR) is 87.7 cm³/mol. The highest BCUT2D eigenvalue weighted by Crippen LogP contribution is 2.40. The minimum Gasteiger partial charge on any atom is -0.390 e. The zero-order valence-corrected chi connectivity index (χ0v) is 13.4. The molecule has 0 saturated carbocycles.